The van der Waals surface area contributed by atoms with Gasteiger partial charge in [0.2, 0.25) is 0 Å². The first-order chi connectivity index (χ1) is 14.0. The molecule has 4 nitrogen and oxygen atoms in total. The Bertz CT molecular complexity index is 691. The minimum Gasteiger partial charge on any atom is -0.449 e. The molecule has 0 aromatic carbocycles. The van der Waals surface area contributed by atoms with E-state index in [9.17, 15) is 4.79 Å². The van der Waals surface area contributed by atoms with Crippen molar-refractivity contribution in [3.8, 4) is 0 Å². The highest BCUT2D eigenvalue weighted by atomic mass is 32.2. The van der Waals surface area contributed by atoms with E-state index < -0.39 is 0 Å². The summed E-state index contributed by atoms with van der Waals surface area (Å²) in [6.45, 7) is 7.93. The number of thioether (sulfide) groups is 1. The minimum absolute atomic E-state index is 0.264. The molecule has 1 heterocycles. The van der Waals surface area contributed by atoms with Crippen molar-refractivity contribution in [2.24, 2.45) is 16.8 Å². The van der Waals surface area contributed by atoms with Gasteiger partial charge in [-0.25, -0.2) is 4.79 Å². The Morgan fingerprint density at radius 2 is 2.24 bits per heavy atom. The molecule has 0 saturated carbocycles. The van der Waals surface area contributed by atoms with E-state index in [0.29, 0.717) is 25.0 Å². The number of carbonyl (C=O) groups excluding carboxylic acids is 1. The summed E-state index contributed by atoms with van der Waals surface area (Å²) in [6, 6.07) is 0. The van der Waals surface area contributed by atoms with Crippen molar-refractivity contribution in [2.75, 3.05) is 31.7 Å². The maximum atomic E-state index is 12.6. The molecule has 1 aliphatic heterocycles. The number of amides is 1. The van der Waals surface area contributed by atoms with Gasteiger partial charge in [-0.3, -0.25) is 9.89 Å². The normalized spacial score (nSPS) is 21.6. The molecular weight excluding hydrogens is 380 g/mol. The summed E-state index contributed by atoms with van der Waals surface area (Å²) in [6.07, 6.45) is 19.4. The second-order valence-electron chi connectivity index (χ2n) is 7.72. The van der Waals surface area contributed by atoms with Crippen molar-refractivity contribution in [3.05, 3.63) is 47.7 Å². The fraction of sp³-hybridized carbons (Fsp3) is 0.583. The summed E-state index contributed by atoms with van der Waals surface area (Å²) >= 11 is 1.80. The molecule has 2 atom stereocenters. The summed E-state index contributed by atoms with van der Waals surface area (Å²) < 4.78 is 5.32. The van der Waals surface area contributed by atoms with Crippen molar-refractivity contribution >= 4 is 23.6 Å². The molecule has 1 amide bonds. The zero-order valence-electron chi connectivity index (χ0n) is 18.4. The third kappa shape index (κ3) is 7.88. The predicted octanol–water partition coefficient (Wildman–Crippen LogP) is 6.03. The van der Waals surface area contributed by atoms with Gasteiger partial charge in [-0.2, -0.15) is 11.8 Å². The highest BCUT2D eigenvalue weighted by Gasteiger charge is 2.24. The van der Waals surface area contributed by atoms with Gasteiger partial charge < -0.3 is 4.74 Å². The fourth-order valence-corrected chi connectivity index (χ4v) is 3.94. The maximum Gasteiger partial charge on any atom is 0.414 e. The lowest BCUT2D eigenvalue weighted by Gasteiger charge is -2.28. The molecule has 29 heavy (non-hydrogen) atoms. The van der Waals surface area contributed by atoms with Gasteiger partial charge in [-0.15, -0.1) is 0 Å². The summed E-state index contributed by atoms with van der Waals surface area (Å²) in [4.78, 5) is 19.1. The Balaban J connectivity index is 2.07. The first kappa shape index (κ1) is 23.5. The van der Waals surface area contributed by atoms with E-state index in [4.69, 9.17) is 9.73 Å². The maximum absolute atomic E-state index is 12.6. The van der Waals surface area contributed by atoms with Crippen molar-refractivity contribution in [2.45, 2.75) is 46.5 Å². The van der Waals surface area contributed by atoms with Gasteiger partial charge in [0.15, 0.2) is 0 Å². The summed E-state index contributed by atoms with van der Waals surface area (Å²) in [7, 11) is 0. The summed E-state index contributed by atoms with van der Waals surface area (Å²) in [5.41, 5.74) is 3.22. The predicted molar refractivity (Wildman–Crippen MR) is 126 cm³/mol. The molecule has 2 rings (SSSR count). The fourth-order valence-electron chi connectivity index (χ4n) is 3.53. The van der Waals surface area contributed by atoms with E-state index in [1.807, 2.05) is 13.8 Å². The van der Waals surface area contributed by atoms with Crippen molar-refractivity contribution in [1.29, 1.82) is 0 Å². The van der Waals surface area contributed by atoms with Crippen LogP contribution in [0.25, 0.3) is 0 Å². The molecular formula is C24H36N2O2S. The monoisotopic (exact) mass is 416 g/mol. The number of dihydropyridines is 1. The van der Waals surface area contributed by atoms with Crippen LogP contribution in [0.3, 0.4) is 0 Å². The quantitative estimate of drug-likeness (QED) is 0.431. The molecule has 1 aliphatic carbocycles. The Kier molecular flexibility index (Phi) is 10.3. The molecule has 0 N–H and O–H groups in total. The van der Waals surface area contributed by atoms with Crippen LogP contribution in [-0.2, 0) is 4.74 Å². The molecule has 0 aromatic heterocycles. The number of hydrogen-bond donors (Lipinski definition) is 0. The van der Waals surface area contributed by atoms with E-state index in [-0.39, 0.29) is 6.09 Å². The first-order valence-corrected chi connectivity index (χ1v) is 12.1. The first-order valence-electron chi connectivity index (χ1n) is 10.8. The van der Waals surface area contributed by atoms with E-state index >= 15 is 0 Å². The summed E-state index contributed by atoms with van der Waals surface area (Å²) in [5.74, 6) is 1.97. The number of carbonyl (C=O) groups is 1. The Morgan fingerprint density at radius 1 is 1.41 bits per heavy atom. The van der Waals surface area contributed by atoms with Crippen LogP contribution in [0, 0.1) is 11.8 Å². The lowest BCUT2D eigenvalue weighted by molar-refractivity contribution is 0.120. The highest BCUT2D eigenvalue weighted by Crippen LogP contribution is 2.24. The van der Waals surface area contributed by atoms with Crippen molar-refractivity contribution < 1.29 is 9.53 Å². The van der Waals surface area contributed by atoms with Crippen LogP contribution < -0.4 is 0 Å². The van der Waals surface area contributed by atoms with Gasteiger partial charge in [0.25, 0.3) is 0 Å². The van der Waals surface area contributed by atoms with E-state index in [1.165, 1.54) is 5.57 Å². The van der Waals surface area contributed by atoms with Crippen LogP contribution in [0.4, 0.5) is 4.79 Å². The molecule has 160 valence electrons. The van der Waals surface area contributed by atoms with Gasteiger partial charge in [0, 0.05) is 13.1 Å². The number of aliphatic imine (C=N–C) groups is 1. The van der Waals surface area contributed by atoms with Crippen LogP contribution in [0.5, 0.6) is 0 Å². The third-order valence-electron chi connectivity index (χ3n) is 5.23. The van der Waals surface area contributed by atoms with E-state index in [0.717, 1.165) is 49.4 Å². The smallest absolute Gasteiger partial charge is 0.414 e. The minimum atomic E-state index is -0.264. The topological polar surface area (TPSA) is 41.9 Å². The Hall–Kier alpha value is -1.75. The molecule has 0 bridgehead atoms. The molecule has 0 aromatic rings. The number of hydrogen-bond acceptors (Lipinski definition) is 4. The SMILES string of the molecule is CCOC(=O)N(CCCSC)C1=CC(CCC2=CC=CC(C)CC=C2)CN=C1C. The van der Waals surface area contributed by atoms with Gasteiger partial charge in [-0.05, 0) is 68.9 Å². The molecule has 0 radical (unpaired) electrons. The summed E-state index contributed by atoms with van der Waals surface area (Å²) in [5, 5.41) is 0. The largest absolute Gasteiger partial charge is 0.449 e. The van der Waals surface area contributed by atoms with Crippen LogP contribution in [0.15, 0.2) is 52.7 Å². The van der Waals surface area contributed by atoms with Gasteiger partial charge in [-0.1, -0.05) is 43.4 Å². The second kappa shape index (κ2) is 12.7. The molecule has 0 spiro atoms. The Morgan fingerprint density at radius 3 is 3.00 bits per heavy atom. The molecule has 2 aliphatic rings. The number of rotatable bonds is 9. The van der Waals surface area contributed by atoms with Crippen molar-refractivity contribution in [3.63, 3.8) is 0 Å². The molecule has 0 saturated heterocycles. The Labute approximate surface area is 180 Å². The number of ether oxygens (including phenoxy) is 1. The zero-order valence-corrected chi connectivity index (χ0v) is 19.2. The van der Waals surface area contributed by atoms with Gasteiger partial charge in [0.1, 0.15) is 0 Å². The van der Waals surface area contributed by atoms with E-state index in [2.05, 4.69) is 49.6 Å². The van der Waals surface area contributed by atoms with Gasteiger partial charge in [0.05, 0.1) is 18.0 Å². The van der Waals surface area contributed by atoms with E-state index in [1.54, 1.807) is 16.7 Å². The van der Waals surface area contributed by atoms with Crippen LogP contribution in [0.1, 0.15) is 46.5 Å². The third-order valence-corrected chi connectivity index (χ3v) is 5.93. The van der Waals surface area contributed by atoms with Crippen LogP contribution >= 0.6 is 11.8 Å². The molecule has 5 heteroatoms. The number of allylic oxidation sites excluding steroid dienone is 7. The molecule has 2 unspecified atom stereocenters. The second-order valence-corrected chi connectivity index (χ2v) is 8.70. The molecule has 0 fully saturated rings. The average Bonchev–Trinajstić information content (AvgIpc) is 2.68. The zero-order chi connectivity index (χ0) is 21.1. The standard InChI is InChI=1S/C24H36N2O2S/c1-5-28-24(27)26(15-8-16-29-4)23-17-22(18-25-20(23)3)14-13-21-11-6-9-19(2)10-7-12-21/h6-7,9,11-12,17,19,22H,5,8,10,13-16,18H2,1-4H3. The lowest BCUT2D eigenvalue weighted by Crippen LogP contribution is -2.36. The average molecular weight is 417 g/mol. The lowest BCUT2D eigenvalue weighted by atomic mass is 9.94. The van der Waals surface area contributed by atoms with Gasteiger partial charge >= 0.3 is 6.09 Å². The van der Waals surface area contributed by atoms with Crippen LogP contribution in [-0.4, -0.2) is 48.4 Å². The van der Waals surface area contributed by atoms with Crippen molar-refractivity contribution in [1.82, 2.24) is 4.90 Å². The number of nitrogens with zero attached hydrogens (tertiary/aromatic N) is 2. The van der Waals surface area contributed by atoms with Crippen LogP contribution in [0.2, 0.25) is 0 Å². The highest BCUT2D eigenvalue weighted by molar-refractivity contribution is 7.98.